The number of piperazine rings is 1. The molecular weight excluding hydrogens is 636 g/mol. The third kappa shape index (κ3) is 5.26. The highest BCUT2D eigenvalue weighted by atomic mass is 35.5. The molecule has 0 radical (unpaired) electrons. The summed E-state index contributed by atoms with van der Waals surface area (Å²) >= 11 is 6.46. The lowest BCUT2D eigenvalue weighted by Gasteiger charge is -2.34. The smallest absolute Gasteiger partial charge is 0.319 e. The van der Waals surface area contributed by atoms with E-state index in [0.29, 0.717) is 59.1 Å². The lowest BCUT2D eigenvalue weighted by molar-refractivity contribution is 0.131. The first kappa shape index (κ1) is 30.7. The van der Waals surface area contributed by atoms with Crippen molar-refractivity contribution in [2.75, 3.05) is 57.4 Å². The van der Waals surface area contributed by atoms with Crippen LogP contribution in [0.4, 0.5) is 14.6 Å². The Kier molecular flexibility index (Phi) is 7.44. The van der Waals surface area contributed by atoms with Crippen LogP contribution in [0.3, 0.4) is 0 Å². The molecule has 4 saturated heterocycles. The molecule has 2 aromatic carbocycles. The highest BCUT2D eigenvalue weighted by Crippen LogP contribution is 2.48. The molecule has 5 atom stereocenters. The number of hydrogen-bond donors (Lipinski definition) is 2. The SMILES string of the molecule is C#Cc1c(Cl)ccc2c1C(c1c(F)cc3c(N4CC5CCC(C4)N5)nc(OCC4(CN5C[C@H]6COC[C@H]6C5)CC4)nc3c1F)=C[C@H](O)C2. The number of ether oxygens (including phenoxy) is 2. The van der Waals surface area contributed by atoms with E-state index in [1.807, 2.05) is 0 Å². The van der Waals surface area contributed by atoms with Crippen LogP contribution in [0, 0.1) is 41.2 Å². The zero-order chi connectivity index (χ0) is 32.7. The molecule has 4 aliphatic heterocycles. The quantitative estimate of drug-likeness (QED) is 0.353. The molecular formula is C37H38ClF2N5O3. The summed E-state index contributed by atoms with van der Waals surface area (Å²) in [6.07, 6.45) is 10.8. The number of benzene rings is 2. The number of likely N-dealkylation sites (tertiary alicyclic amines) is 1. The zero-order valence-corrected chi connectivity index (χ0v) is 27.4. The van der Waals surface area contributed by atoms with Gasteiger partial charge in [0.05, 0.1) is 42.1 Å². The van der Waals surface area contributed by atoms with Crippen molar-refractivity contribution in [1.29, 1.82) is 0 Å². The van der Waals surface area contributed by atoms with Gasteiger partial charge in [-0.3, -0.25) is 0 Å². The number of rotatable bonds is 7. The second kappa shape index (κ2) is 11.6. The van der Waals surface area contributed by atoms with Crippen LogP contribution in [-0.4, -0.2) is 90.7 Å². The van der Waals surface area contributed by atoms with Gasteiger partial charge >= 0.3 is 6.01 Å². The van der Waals surface area contributed by atoms with Crippen LogP contribution in [0.1, 0.15) is 47.9 Å². The third-order valence-electron chi connectivity index (χ3n) is 11.4. The fraction of sp³-hybridized carbons (Fsp3) is 0.514. The van der Waals surface area contributed by atoms with Gasteiger partial charge < -0.3 is 29.7 Å². The molecule has 0 spiro atoms. The van der Waals surface area contributed by atoms with Crippen LogP contribution in [-0.2, 0) is 11.2 Å². The van der Waals surface area contributed by atoms with E-state index in [2.05, 4.69) is 26.0 Å². The number of nitrogens with one attached hydrogen (secondary N) is 1. The number of nitrogens with zero attached hydrogens (tertiary/aromatic N) is 4. The van der Waals surface area contributed by atoms with Gasteiger partial charge in [-0.05, 0) is 55.0 Å². The Bertz CT molecular complexity index is 1870. The molecule has 48 heavy (non-hydrogen) atoms. The van der Waals surface area contributed by atoms with Gasteiger partial charge in [-0.25, -0.2) is 8.78 Å². The molecule has 6 aliphatic rings. The van der Waals surface area contributed by atoms with E-state index in [1.54, 1.807) is 12.1 Å². The van der Waals surface area contributed by atoms with E-state index in [-0.39, 0.29) is 52.0 Å². The van der Waals surface area contributed by atoms with Crippen molar-refractivity contribution < 1.29 is 23.4 Å². The normalized spacial score (nSPS) is 28.7. The van der Waals surface area contributed by atoms with Crippen molar-refractivity contribution >= 4 is 33.9 Å². The molecule has 1 aromatic heterocycles. The average Bonchev–Trinajstić information content (AvgIpc) is 3.31. The highest BCUT2D eigenvalue weighted by molar-refractivity contribution is 6.32. The Labute approximate surface area is 283 Å². The van der Waals surface area contributed by atoms with Gasteiger partial charge in [0.2, 0.25) is 0 Å². The van der Waals surface area contributed by atoms with Crippen LogP contribution in [0.5, 0.6) is 6.01 Å². The summed E-state index contributed by atoms with van der Waals surface area (Å²) in [6, 6.07) is 5.36. The van der Waals surface area contributed by atoms with Crippen molar-refractivity contribution in [3.8, 4) is 18.4 Å². The van der Waals surface area contributed by atoms with Crippen molar-refractivity contribution in [2.24, 2.45) is 17.3 Å². The molecule has 2 bridgehead atoms. The molecule has 5 heterocycles. The van der Waals surface area contributed by atoms with Gasteiger partial charge in [-0.1, -0.05) is 23.6 Å². The van der Waals surface area contributed by atoms with Crippen LogP contribution >= 0.6 is 11.6 Å². The number of terminal acetylenes is 1. The molecule has 2 N–H and O–H groups in total. The molecule has 0 amide bonds. The maximum Gasteiger partial charge on any atom is 0.319 e. The van der Waals surface area contributed by atoms with E-state index in [9.17, 15) is 5.11 Å². The zero-order valence-electron chi connectivity index (χ0n) is 26.7. The number of aliphatic hydroxyl groups is 1. The van der Waals surface area contributed by atoms with Gasteiger partial charge in [0.25, 0.3) is 0 Å². The van der Waals surface area contributed by atoms with E-state index < -0.39 is 17.7 Å². The fourth-order valence-electron chi connectivity index (χ4n) is 8.82. The number of hydrogen-bond acceptors (Lipinski definition) is 8. The van der Waals surface area contributed by atoms with Crippen LogP contribution < -0.4 is 15.0 Å². The van der Waals surface area contributed by atoms with Gasteiger partial charge in [0.15, 0.2) is 5.82 Å². The Morgan fingerprint density at radius 3 is 2.54 bits per heavy atom. The molecule has 1 saturated carbocycles. The Balaban J connectivity index is 1.11. The van der Waals surface area contributed by atoms with Crippen molar-refractivity contribution in [1.82, 2.24) is 20.2 Å². The highest BCUT2D eigenvalue weighted by Gasteiger charge is 2.48. The topological polar surface area (TPSA) is 83.0 Å². The minimum atomic E-state index is -0.956. The summed E-state index contributed by atoms with van der Waals surface area (Å²) < 4.78 is 45.4. The third-order valence-corrected chi connectivity index (χ3v) is 11.7. The summed E-state index contributed by atoms with van der Waals surface area (Å²) in [5, 5.41) is 15.0. The summed E-state index contributed by atoms with van der Waals surface area (Å²) in [4.78, 5) is 14.1. The number of anilines is 1. The number of halogens is 3. The van der Waals surface area contributed by atoms with Gasteiger partial charge in [-0.2, -0.15) is 9.97 Å². The maximum atomic E-state index is 17.0. The predicted molar refractivity (Wildman–Crippen MR) is 179 cm³/mol. The average molecular weight is 674 g/mol. The molecule has 5 fully saturated rings. The predicted octanol–water partition coefficient (Wildman–Crippen LogP) is 4.57. The summed E-state index contributed by atoms with van der Waals surface area (Å²) in [7, 11) is 0. The molecule has 8 nitrogen and oxygen atoms in total. The summed E-state index contributed by atoms with van der Waals surface area (Å²) in [5.41, 5.74) is 1.29. The van der Waals surface area contributed by atoms with Gasteiger partial charge in [-0.15, -0.1) is 6.42 Å². The number of fused-ring (bicyclic) bond motifs is 5. The fourth-order valence-corrected chi connectivity index (χ4v) is 9.03. The second-order valence-electron chi connectivity index (χ2n) is 14.8. The molecule has 3 aromatic rings. The molecule has 250 valence electrons. The molecule has 11 heteroatoms. The van der Waals surface area contributed by atoms with E-state index in [1.165, 1.54) is 12.1 Å². The van der Waals surface area contributed by atoms with E-state index in [0.717, 1.165) is 58.5 Å². The van der Waals surface area contributed by atoms with E-state index >= 15 is 8.78 Å². The monoisotopic (exact) mass is 673 g/mol. The minimum absolute atomic E-state index is 0.0102. The maximum absolute atomic E-state index is 17.0. The number of aliphatic hydroxyl groups excluding tert-OH is 1. The van der Waals surface area contributed by atoms with Crippen molar-refractivity contribution in [2.45, 2.75) is 50.3 Å². The molecule has 9 rings (SSSR count). The molecule has 2 unspecified atom stereocenters. The minimum Gasteiger partial charge on any atom is -0.463 e. The Morgan fingerprint density at radius 1 is 1.08 bits per heavy atom. The Hall–Kier alpha value is -3.33. The standard InChI is InChI=1S/C37H38ClF2N5O3/c1-2-26-29(38)6-3-20-9-25(46)10-27(31(20)26)32-30(39)11-28-34(33(32)40)42-36(43-35(28)45-14-23-4-5-24(15-45)41-23)48-19-37(7-8-37)18-44-12-21-16-47-17-22(21)13-44/h1,3,6,10-11,21-25,41,46H,4-5,7-9,12-19H2/t21-,22+,23?,24?,25-/m1/s1. The van der Waals surface area contributed by atoms with Gasteiger partial charge in [0.1, 0.15) is 17.2 Å². The second-order valence-corrected chi connectivity index (χ2v) is 15.2. The summed E-state index contributed by atoms with van der Waals surface area (Å²) in [6.45, 7) is 6.51. The lowest BCUT2D eigenvalue weighted by Crippen LogP contribution is -2.51. The Morgan fingerprint density at radius 2 is 1.83 bits per heavy atom. The first-order valence-corrected chi connectivity index (χ1v) is 17.5. The van der Waals surface area contributed by atoms with E-state index in [4.69, 9.17) is 32.5 Å². The number of aromatic nitrogens is 2. The first-order valence-electron chi connectivity index (χ1n) is 17.1. The first-order chi connectivity index (χ1) is 23.3. The van der Waals surface area contributed by atoms with Gasteiger partial charge in [0, 0.05) is 79.4 Å². The molecule has 2 aliphatic carbocycles. The van der Waals surface area contributed by atoms with Crippen molar-refractivity contribution in [3.05, 3.63) is 63.2 Å². The summed E-state index contributed by atoms with van der Waals surface area (Å²) in [5.74, 6) is 2.65. The van der Waals surface area contributed by atoms with Crippen LogP contribution in [0.2, 0.25) is 5.02 Å². The largest absolute Gasteiger partial charge is 0.463 e. The van der Waals surface area contributed by atoms with Crippen LogP contribution in [0.25, 0.3) is 16.5 Å². The lowest BCUT2D eigenvalue weighted by atomic mass is 9.82. The van der Waals surface area contributed by atoms with Crippen LogP contribution in [0.15, 0.2) is 24.3 Å². The van der Waals surface area contributed by atoms with Crippen molar-refractivity contribution in [3.63, 3.8) is 0 Å².